The quantitative estimate of drug-likeness (QED) is 0.750. The summed E-state index contributed by atoms with van der Waals surface area (Å²) < 4.78 is 11.0. The van der Waals surface area contributed by atoms with Crippen molar-refractivity contribution in [3.05, 3.63) is 53.6 Å². The van der Waals surface area contributed by atoms with Crippen LogP contribution in [0.15, 0.2) is 47.5 Å². The molecule has 0 saturated heterocycles. The third kappa shape index (κ3) is 5.13. The van der Waals surface area contributed by atoms with Crippen molar-refractivity contribution < 1.29 is 19.1 Å². The minimum absolute atomic E-state index is 0.131. The maximum atomic E-state index is 12.4. The molecule has 7 nitrogen and oxygen atoms in total. The number of ketones is 1. The Bertz CT molecular complexity index is 922. The molecule has 1 atom stereocenters. The number of hydrogen-bond acceptors (Lipinski definition) is 5. The van der Waals surface area contributed by atoms with E-state index in [4.69, 9.17) is 20.2 Å². The van der Waals surface area contributed by atoms with Gasteiger partial charge in [0.1, 0.15) is 6.04 Å². The van der Waals surface area contributed by atoms with Gasteiger partial charge in [0.05, 0.1) is 13.7 Å². The number of carbonyl (C=O) groups is 2. The van der Waals surface area contributed by atoms with Crippen molar-refractivity contribution in [1.82, 2.24) is 0 Å². The van der Waals surface area contributed by atoms with Crippen LogP contribution in [0.1, 0.15) is 30.9 Å². The average molecular weight is 395 g/mol. The molecule has 0 aromatic heterocycles. The first-order chi connectivity index (χ1) is 14.0. The monoisotopic (exact) mass is 395 g/mol. The largest absolute Gasteiger partial charge is 0.493 e. The van der Waals surface area contributed by atoms with Crippen LogP contribution in [-0.2, 0) is 11.2 Å². The average Bonchev–Trinajstić information content (AvgIpc) is 2.71. The van der Waals surface area contributed by atoms with E-state index < -0.39 is 12.1 Å². The van der Waals surface area contributed by atoms with Crippen LogP contribution in [0.5, 0.6) is 11.5 Å². The summed E-state index contributed by atoms with van der Waals surface area (Å²) in [4.78, 5) is 28.1. The van der Waals surface area contributed by atoms with E-state index in [0.717, 1.165) is 16.8 Å². The van der Waals surface area contributed by atoms with Crippen molar-refractivity contribution in [2.75, 3.05) is 19.0 Å². The van der Waals surface area contributed by atoms with Crippen molar-refractivity contribution in [2.24, 2.45) is 10.7 Å². The molecule has 3 rings (SSSR count). The molecule has 2 amide bonds. The van der Waals surface area contributed by atoms with Gasteiger partial charge in [-0.05, 0) is 54.8 Å². The molecule has 152 valence electrons. The third-order valence-electron chi connectivity index (χ3n) is 4.74. The number of hydrogen-bond donors (Lipinski definition) is 2. The number of ether oxygens (including phenoxy) is 2. The summed E-state index contributed by atoms with van der Waals surface area (Å²) in [5.74, 6) is 1.47. The molecule has 3 N–H and O–H groups in total. The molecule has 0 saturated carbocycles. The van der Waals surface area contributed by atoms with Crippen LogP contribution in [0, 0.1) is 0 Å². The van der Waals surface area contributed by atoms with Crippen LogP contribution in [0.3, 0.4) is 0 Å². The van der Waals surface area contributed by atoms with Crippen LogP contribution in [0.4, 0.5) is 10.5 Å². The zero-order chi connectivity index (χ0) is 20.8. The van der Waals surface area contributed by atoms with Crippen molar-refractivity contribution in [2.45, 2.75) is 32.2 Å². The summed E-state index contributed by atoms with van der Waals surface area (Å²) in [5.41, 5.74) is 8.53. The Morgan fingerprint density at radius 1 is 1.17 bits per heavy atom. The minimum atomic E-state index is -0.611. The number of anilines is 1. The second-order valence-corrected chi connectivity index (χ2v) is 6.75. The molecule has 1 aliphatic rings. The number of amides is 2. The highest BCUT2D eigenvalue weighted by atomic mass is 16.5. The maximum Gasteiger partial charge on any atom is 0.316 e. The number of methoxy groups -OCH3 is 1. The van der Waals surface area contributed by atoms with Gasteiger partial charge in [-0.25, -0.2) is 4.79 Å². The molecule has 0 spiro atoms. The Kier molecular flexibility index (Phi) is 6.49. The van der Waals surface area contributed by atoms with E-state index in [0.29, 0.717) is 43.1 Å². The number of aliphatic imine (C=N–C) groups is 1. The second-order valence-electron chi connectivity index (χ2n) is 6.75. The molecule has 1 unspecified atom stereocenters. The Labute approximate surface area is 169 Å². The highest BCUT2D eigenvalue weighted by Crippen LogP contribution is 2.30. The third-order valence-corrected chi connectivity index (χ3v) is 4.74. The number of rotatable bonds is 7. The number of nitrogens with one attached hydrogen (secondary N) is 1. The zero-order valence-electron chi connectivity index (χ0n) is 16.6. The molecule has 1 heterocycles. The lowest BCUT2D eigenvalue weighted by atomic mass is 9.93. The Hall–Kier alpha value is -3.35. The molecule has 2 aromatic rings. The van der Waals surface area contributed by atoms with E-state index in [1.165, 1.54) is 0 Å². The fraction of sp³-hybridized carbons (Fsp3) is 0.318. The van der Waals surface area contributed by atoms with E-state index in [1.54, 1.807) is 19.2 Å². The molecule has 29 heavy (non-hydrogen) atoms. The van der Waals surface area contributed by atoms with Gasteiger partial charge in [0.25, 0.3) is 0 Å². The summed E-state index contributed by atoms with van der Waals surface area (Å²) >= 11 is 0. The van der Waals surface area contributed by atoms with Crippen molar-refractivity contribution in [3.8, 4) is 11.5 Å². The van der Waals surface area contributed by atoms with Crippen LogP contribution >= 0.6 is 0 Å². The smallest absolute Gasteiger partial charge is 0.316 e. The number of nitrogens with zero attached hydrogens (tertiary/aromatic N) is 1. The van der Waals surface area contributed by atoms with Gasteiger partial charge in [-0.15, -0.1) is 0 Å². The van der Waals surface area contributed by atoms with Crippen molar-refractivity contribution in [1.29, 1.82) is 0 Å². The lowest BCUT2D eigenvalue weighted by Crippen LogP contribution is -2.28. The van der Waals surface area contributed by atoms with Gasteiger partial charge in [-0.1, -0.05) is 12.1 Å². The summed E-state index contributed by atoms with van der Waals surface area (Å²) in [6.45, 7) is 2.46. The summed E-state index contributed by atoms with van der Waals surface area (Å²) in [6.07, 6.45) is 1.57. The molecule has 2 aromatic carbocycles. The second kappa shape index (κ2) is 9.23. The fourth-order valence-corrected chi connectivity index (χ4v) is 3.33. The van der Waals surface area contributed by atoms with E-state index in [1.807, 2.05) is 37.3 Å². The van der Waals surface area contributed by atoms with Crippen LogP contribution in [-0.4, -0.2) is 37.3 Å². The SMILES string of the molecule is CCOc1cc(C2=NC(Cc3ccc(NC(N)=O)cc3)C(=O)CC2)ccc1OC. The van der Waals surface area contributed by atoms with Crippen molar-refractivity contribution >= 4 is 23.2 Å². The van der Waals surface area contributed by atoms with E-state index in [2.05, 4.69) is 5.32 Å². The van der Waals surface area contributed by atoms with Gasteiger partial charge in [-0.3, -0.25) is 9.79 Å². The fourth-order valence-electron chi connectivity index (χ4n) is 3.33. The minimum Gasteiger partial charge on any atom is -0.493 e. The van der Waals surface area contributed by atoms with E-state index in [9.17, 15) is 9.59 Å². The van der Waals surface area contributed by atoms with Gasteiger partial charge in [0.2, 0.25) is 0 Å². The molecule has 0 radical (unpaired) electrons. The predicted octanol–water partition coefficient (Wildman–Crippen LogP) is 3.35. The Morgan fingerprint density at radius 2 is 1.93 bits per heavy atom. The van der Waals surface area contributed by atoms with Crippen LogP contribution in [0.25, 0.3) is 0 Å². The Morgan fingerprint density at radius 3 is 2.59 bits per heavy atom. The Balaban J connectivity index is 1.80. The zero-order valence-corrected chi connectivity index (χ0v) is 16.6. The summed E-state index contributed by atoms with van der Waals surface area (Å²) in [5, 5.41) is 2.52. The molecule has 0 fully saturated rings. The number of benzene rings is 2. The number of carbonyl (C=O) groups excluding carboxylic acids is 2. The van der Waals surface area contributed by atoms with E-state index >= 15 is 0 Å². The first-order valence-electron chi connectivity index (χ1n) is 9.56. The van der Waals surface area contributed by atoms with Crippen molar-refractivity contribution in [3.63, 3.8) is 0 Å². The van der Waals surface area contributed by atoms with Crippen LogP contribution < -0.4 is 20.5 Å². The highest BCUT2D eigenvalue weighted by Gasteiger charge is 2.25. The molecular weight excluding hydrogens is 370 g/mol. The first-order valence-corrected chi connectivity index (χ1v) is 9.56. The van der Waals surface area contributed by atoms with Gasteiger partial charge in [-0.2, -0.15) is 0 Å². The normalized spacial score (nSPS) is 16.1. The summed E-state index contributed by atoms with van der Waals surface area (Å²) in [6, 6.07) is 11.9. The van der Waals surface area contributed by atoms with Crippen LogP contribution in [0.2, 0.25) is 0 Å². The lowest BCUT2D eigenvalue weighted by Gasteiger charge is -2.21. The summed E-state index contributed by atoms with van der Waals surface area (Å²) in [7, 11) is 1.61. The number of Topliss-reactive ketones (excluding diaryl/α,β-unsaturated/α-hetero) is 1. The molecule has 0 aliphatic carbocycles. The number of primary amides is 1. The maximum absolute atomic E-state index is 12.4. The predicted molar refractivity (Wildman–Crippen MR) is 112 cm³/mol. The molecular formula is C22H25N3O4. The number of nitrogens with two attached hydrogens (primary N) is 1. The molecule has 0 bridgehead atoms. The molecule has 7 heteroatoms. The molecule has 1 aliphatic heterocycles. The van der Waals surface area contributed by atoms with Gasteiger partial charge >= 0.3 is 6.03 Å². The number of urea groups is 1. The van der Waals surface area contributed by atoms with Gasteiger partial charge in [0, 0.05) is 24.2 Å². The lowest BCUT2D eigenvalue weighted by molar-refractivity contribution is -0.120. The van der Waals surface area contributed by atoms with Gasteiger partial charge < -0.3 is 20.5 Å². The highest BCUT2D eigenvalue weighted by molar-refractivity contribution is 6.06. The first kappa shape index (κ1) is 20.4. The standard InChI is InChI=1S/C22H25N3O4/c1-3-29-21-13-15(6-11-20(21)28-2)17-9-10-19(26)18(25-17)12-14-4-7-16(8-5-14)24-22(23)27/h4-8,11,13,18H,3,9-10,12H2,1-2H3,(H3,23,24,27). The topological polar surface area (TPSA) is 103 Å². The van der Waals surface area contributed by atoms with E-state index in [-0.39, 0.29) is 5.78 Å². The van der Waals surface area contributed by atoms with Gasteiger partial charge in [0.15, 0.2) is 17.3 Å².